The number of amides is 1. The topological polar surface area (TPSA) is 38.3 Å². The molecule has 3 heteroatoms. The second kappa shape index (κ2) is 4.13. The van der Waals surface area contributed by atoms with Crippen molar-refractivity contribution in [3.63, 3.8) is 0 Å². The number of anilines is 1. The van der Waals surface area contributed by atoms with Crippen LogP contribution in [0, 0.1) is 0 Å². The lowest BCUT2D eigenvalue weighted by atomic mass is 10.2. The third-order valence-corrected chi connectivity index (χ3v) is 1.49. The van der Waals surface area contributed by atoms with Crippen molar-refractivity contribution in [2.75, 3.05) is 5.32 Å². The number of ether oxygens (including phenoxy) is 1. The molecule has 3 nitrogen and oxygen atoms in total. The van der Waals surface area contributed by atoms with Crippen LogP contribution in [-0.4, -0.2) is 12.0 Å². The van der Waals surface area contributed by atoms with Gasteiger partial charge >= 0.3 is 6.41 Å². The third kappa shape index (κ3) is 3.09. The molecule has 75 valence electrons. The molecule has 0 aromatic heterocycles. The SMILES string of the molecule is CC(C)(C)Oc1ccccc1N[C]=O. The van der Waals surface area contributed by atoms with Gasteiger partial charge in [0.1, 0.15) is 11.4 Å². The lowest BCUT2D eigenvalue weighted by Crippen LogP contribution is -2.23. The maximum Gasteiger partial charge on any atom is 0.314 e. The van der Waals surface area contributed by atoms with E-state index in [2.05, 4.69) is 5.32 Å². The highest BCUT2D eigenvalue weighted by Gasteiger charge is 2.13. The maximum atomic E-state index is 10.2. The fourth-order valence-corrected chi connectivity index (χ4v) is 1.04. The van der Waals surface area contributed by atoms with Crippen LogP contribution in [0.5, 0.6) is 5.75 Å². The predicted molar refractivity (Wildman–Crippen MR) is 56.1 cm³/mol. The molecule has 1 aromatic rings. The lowest BCUT2D eigenvalue weighted by Gasteiger charge is -2.22. The molecule has 14 heavy (non-hydrogen) atoms. The normalized spacial score (nSPS) is 10.8. The van der Waals surface area contributed by atoms with Crippen LogP contribution in [0.1, 0.15) is 20.8 Å². The summed E-state index contributed by atoms with van der Waals surface area (Å²) in [5, 5.41) is 2.47. The van der Waals surface area contributed by atoms with E-state index in [1.807, 2.05) is 39.0 Å². The van der Waals surface area contributed by atoms with Crippen LogP contribution in [0.4, 0.5) is 5.69 Å². The molecule has 0 atom stereocenters. The summed E-state index contributed by atoms with van der Waals surface area (Å²) in [5.41, 5.74) is 0.359. The van der Waals surface area contributed by atoms with Gasteiger partial charge in [-0.25, -0.2) is 0 Å². The van der Waals surface area contributed by atoms with Gasteiger partial charge in [0.15, 0.2) is 0 Å². The third-order valence-electron chi connectivity index (χ3n) is 1.49. The summed E-state index contributed by atoms with van der Waals surface area (Å²) in [6.07, 6.45) is 1.63. The molecule has 0 spiro atoms. The van der Waals surface area contributed by atoms with E-state index in [9.17, 15) is 4.79 Å². The van der Waals surface area contributed by atoms with Gasteiger partial charge in [-0.15, -0.1) is 0 Å². The van der Waals surface area contributed by atoms with Gasteiger partial charge in [0, 0.05) is 0 Å². The lowest BCUT2D eigenvalue weighted by molar-refractivity contribution is 0.132. The average Bonchev–Trinajstić information content (AvgIpc) is 2.06. The molecule has 0 aliphatic heterocycles. The van der Waals surface area contributed by atoms with Gasteiger partial charge in [-0.3, -0.25) is 4.79 Å². The Balaban J connectivity index is 2.89. The molecule has 0 heterocycles. The van der Waals surface area contributed by atoms with Crippen molar-refractivity contribution in [2.45, 2.75) is 26.4 Å². The van der Waals surface area contributed by atoms with Crippen molar-refractivity contribution in [3.05, 3.63) is 24.3 Å². The highest BCUT2D eigenvalue weighted by atomic mass is 16.5. The Hall–Kier alpha value is -1.51. The molecule has 0 saturated carbocycles. The second-order valence-electron chi connectivity index (χ2n) is 3.94. The fraction of sp³-hybridized carbons (Fsp3) is 0.364. The largest absolute Gasteiger partial charge is 0.486 e. The molecule has 1 radical (unpaired) electrons. The summed E-state index contributed by atoms with van der Waals surface area (Å²) in [5.74, 6) is 0.656. The van der Waals surface area contributed by atoms with Crippen molar-refractivity contribution in [1.82, 2.24) is 0 Å². The Labute approximate surface area is 84.1 Å². The van der Waals surface area contributed by atoms with E-state index in [-0.39, 0.29) is 5.60 Å². The first kappa shape index (κ1) is 10.6. The molecule has 0 aliphatic rings. The molecule has 1 aromatic carbocycles. The van der Waals surface area contributed by atoms with Crippen LogP contribution in [0.3, 0.4) is 0 Å². The Morgan fingerprint density at radius 2 is 1.93 bits per heavy atom. The number of rotatable bonds is 3. The van der Waals surface area contributed by atoms with Crippen molar-refractivity contribution in [3.8, 4) is 5.75 Å². The Bertz CT molecular complexity index is 315. The van der Waals surface area contributed by atoms with Crippen molar-refractivity contribution < 1.29 is 9.53 Å². The highest BCUT2D eigenvalue weighted by molar-refractivity contribution is 5.75. The second-order valence-corrected chi connectivity index (χ2v) is 3.94. The molecule has 0 fully saturated rings. The van der Waals surface area contributed by atoms with Crippen molar-refractivity contribution in [1.29, 1.82) is 0 Å². The van der Waals surface area contributed by atoms with Gasteiger partial charge in [-0.2, -0.15) is 0 Å². The summed E-state index contributed by atoms with van der Waals surface area (Å²) in [6.45, 7) is 5.86. The Morgan fingerprint density at radius 3 is 2.50 bits per heavy atom. The van der Waals surface area contributed by atoms with Crippen molar-refractivity contribution in [2.24, 2.45) is 0 Å². The number of carbonyl (C=O) groups excluding carboxylic acids is 1. The summed E-state index contributed by atoms with van der Waals surface area (Å²) in [4.78, 5) is 10.2. The number of para-hydroxylation sites is 2. The Morgan fingerprint density at radius 1 is 1.29 bits per heavy atom. The highest BCUT2D eigenvalue weighted by Crippen LogP contribution is 2.26. The minimum Gasteiger partial charge on any atom is -0.486 e. The fourth-order valence-electron chi connectivity index (χ4n) is 1.04. The monoisotopic (exact) mass is 192 g/mol. The van der Waals surface area contributed by atoms with Crippen LogP contribution in [0.15, 0.2) is 24.3 Å². The zero-order chi connectivity index (χ0) is 10.6. The summed E-state index contributed by atoms with van der Waals surface area (Å²) < 4.78 is 5.64. The van der Waals surface area contributed by atoms with Crippen LogP contribution >= 0.6 is 0 Å². The van der Waals surface area contributed by atoms with Crippen molar-refractivity contribution >= 4 is 12.1 Å². The van der Waals surface area contributed by atoms with E-state index in [0.29, 0.717) is 11.4 Å². The first-order valence-electron chi connectivity index (χ1n) is 4.44. The quantitative estimate of drug-likeness (QED) is 0.746. The zero-order valence-corrected chi connectivity index (χ0v) is 8.63. The molecule has 1 amide bonds. The molecule has 0 unspecified atom stereocenters. The zero-order valence-electron chi connectivity index (χ0n) is 8.63. The van der Waals surface area contributed by atoms with E-state index in [1.165, 1.54) is 0 Å². The first-order valence-corrected chi connectivity index (χ1v) is 4.44. The number of hydrogen-bond donors (Lipinski definition) is 1. The minimum absolute atomic E-state index is 0.277. The van der Waals surface area contributed by atoms with Gasteiger partial charge in [-0.1, -0.05) is 12.1 Å². The predicted octanol–water partition coefficient (Wildman–Crippen LogP) is 2.34. The van der Waals surface area contributed by atoms with Gasteiger partial charge in [0.25, 0.3) is 0 Å². The molecular weight excluding hydrogens is 178 g/mol. The maximum absolute atomic E-state index is 10.2. The molecule has 1 N–H and O–H groups in total. The van der Waals surface area contributed by atoms with E-state index in [1.54, 1.807) is 12.5 Å². The summed E-state index contributed by atoms with van der Waals surface area (Å²) in [7, 11) is 0. The number of nitrogens with one attached hydrogen (secondary N) is 1. The van der Waals surface area contributed by atoms with Gasteiger partial charge in [0.05, 0.1) is 5.69 Å². The molecule has 1 rings (SSSR count). The molecular formula is C11H14NO2. The van der Waals surface area contributed by atoms with Crippen LogP contribution in [0.25, 0.3) is 0 Å². The molecule has 0 aliphatic carbocycles. The van der Waals surface area contributed by atoms with E-state index in [0.717, 1.165) is 0 Å². The van der Waals surface area contributed by atoms with E-state index < -0.39 is 0 Å². The summed E-state index contributed by atoms with van der Waals surface area (Å²) >= 11 is 0. The van der Waals surface area contributed by atoms with Gasteiger partial charge < -0.3 is 10.1 Å². The first-order chi connectivity index (χ1) is 6.53. The van der Waals surface area contributed by atoms with Crippen LogP contribution in [-0.2, 0) is 4.79 Å². The van der Waals surface area contributed by atoms with Crippen LogP contribution in [0.2, 0.25) is 0 Å². The van der Waals surface area contributed by atoms with E-state index in [4.69, 9.17) is 4.74 Å². The average molecular weight is 192 g/mol. The molecule has 0 saturated heterocycles. The standard InChI is InChI=1S/C11H14NO2/c1-11(2,3)14-10-7-5-4-6-9(10)12-8-13/h4-7H,1-3H3,(H,12,13). The van der Waals surface area contributed by atoms with Crippen LogP contribution < -0.4 is 10.1 Å². The van der Waals surface area contributed by atoms with Gasteiger partial charge in [-0.05, 0) is 32.9 Å². The minimum atomic E-state index is -0.277. The summed E-state index contributed by atoms with van der Waals surface area (Å²) in [6, 6.07) is 7.27. The van der Waals surface area contributed by atoms with Gasteiger partial charge in [0.2, 0.25) is 0 Å². The molecule has 0 bridgehead atoms. The Kier molecular flexibility index (Phi) is 3.12. The smallest absolute Gasteiger partial charge is 0.314 e. The number of benzene rings is 1. The number of hydrogen-bond acceptors (Lipinski definition) is 2. The van der Waals surface area contributed by atoms with E-state index >= 15 is 0 Å².